The van der Waals surface area contributed by atoms with Crippen LogP contribution in [0.3, 0.4) is 0 Å². The number of nitrogens with one attached hydrogen (secondary N) is 1. The summed E-state index contributed by atoms with van der Waals surface area (Å²) in [6.07, 6.45) is 1.78. The van der Waals surface area contributed by atoms with Gasteiger partial charge >= 0.3 is 0 Å². The van der Waals surface area contributed by atoms with Gasteiger partial charge in [0.1, 0.15) is 17.5 Å². The molecule has 1 N–H and O–H groups in total. The van der Waals surface area contributed by atoms with Crippen LogP contribution in [0, 0.1) is 0 Å². The Morgan fingerprint density at radius 1 is 1.10 bits per heavy atom. The van der Waals surface area contributed by atoms with E-state index in [1.807, 2.05) is 6.07 Å². The van der Waals surface area contributed by atoms with Crippen molar-refractivity contribution in [2.75, 3.05) is 57.3 Å². The topological polar surface area (TPSA) is 59.5 Å². The number of rotatable bonds is 11. The molecule has 0 aliphatic carbocycles. The minimum absolute atomic E-state index is 0.676. The maximum Gasteiger partial charge on any atom is 0.134 e. The van der Waals surface area contributed by atoms with Gasteiger partial charge in [0, 0.05) is 52.9 Å². The van der Waals surface area contributed by atoms with E-state index in [0.29, 0.717) is 6.61 Å². The number of hydrogen-bond donors (Lipinski definition) is 1. The predicted molar refractivity (Wildman–Crippen MR) is 86.2 cm³/mol. The summed E-state index contributed by atoms with van der Waals surface area (Å²) in [6.45, 7) is 8.11. The highest BCUT2D eigenvalue weighted by atomic mass is 16.5. The van der Waals surface area contributed by atoms with Gasteiger partial charge in [-0.05, 0) is 13.3 Å². The van der Waals surface area contributed by atoms with Gasteiger partial charge in [-0.3, -0.25) is 0 Å². The summed E-state index contributed by atoms with van der Waals surface area (Å²) in [7, 11) is 3.44. The highest BCUT2D eigenvalue weighted by molar-refractivity contribution is 5.49. The van der Waals surface area contributed by atoms with Crippen molar-refractivity contribution in [1.29, 1.82) is 0 Å². The molecule has 0 aliphatic heterocycles. The molecular formula is C15H28N4O2. The maximum absolute atomic E-state index is 5.20. The molecule has 0 saturated heterocycles. The van der Waals surface area contributed by atoms with Gasteiger partial charge in [0.25, 0.3) is 0 Å². The average Bonchev–Trinajstić information content (AvgIpc) is 2.50. The molecule has 0 spiro atoms. The molecule has 0 saturated carbocycles. The molecule has 0 unspecified atom stereocenters. The molecule has 0 atom stereocenters. The van der Waals surface area contributed by atoms with Crippen molar-refractivity contribution >= 4 is 11.6 Å². The van der Waals surface area contributed by atoms with Crippen molar-refractivity contribution < 1.29 is 9.47 Å². The van der Waals surface area contributed by atoms with Crippen LogP contribution in [0.1, 0.15) is 26.1 Å². The van der Waals surface area contributed by atoms with Crippen LogP contribution in [0.15, 0.2) is 6.07 Å². The smallest absolute Gasteiger partial charge is 0.134 e. The first-order valence-corrected chi connectivity index (χ1v) is 7.59. The molecule has 1 rings (SSSR count). The van der Waals surface area contributed by atoms with Crippen LogP contribution in [0.4, 0.5) is 11.6 Å². The SMILES string of the molecule is CCNc1cc(N(CCCOC)CCOC)nc(CC)n1. The molecule has 6 heteroatoms. The van der Waals surface area contributed by atoms with E-state index in [1.165, 1.54) is 0 Å². The number of ether oxygens (including phenoxy) is 2. The number of aryl methyl sites for hydroxylation is 1. The molecule has 0 fully saturated rings. The van der Waals surface area contributed by atoms with Gasteiger partial charge in [-0.1, -0.05) is 6.92 Å². The lowest BCUT2D eigenvalue weighted by Gasteiger charge is -2.24. The number of aromatic nitrogens is 2. The van der Waals surface area contributed by atoms with Crippen molar-refractivity contribution in [3.05, 3.63) is 11.9 Å². The lowest BCUT2D eigenvalue weighted by atomic mass is 10.3. The van der Waals surface area contributed by atoms with Gasteiger partial charge in [0.2, 0.25) is 0 Å². The molecule has 120 valence electrons. The Hall–Kier alpha value is -1.40. The van der Waals surface area contributed by atoms with Gasteiger partial charge in [0.05, 0.1) is 6.61 Å². The van der Waals surface area contributed by atoms with Gasteiger partial charge in [-0.15, -0.1) is 0 Å². The summed E-state index contributed by atoms with van der Waals surface area (Å²) < 4.78 is 10.3. The molecule has 1 aromatic heterocycles. The number of methoxy groups -OCH3 is 2. The zero-order valence-electron chi connectivity index (χ0n) is 13.7. The zero-order valence-corrected chi connectivity index (χ0v) is 13.7. The fourth-order valence-electron chi connectivity index (χ4n) is 2.02. The summed E-state index contributed by atoms with van der Waals surface area (Å²) in [5.74, 6) is 2.69. The van der Waals surface area contributed by atoms with Crippen LogP contribution in [0.25, 0.3) is 0 Å². The van der Waals surface area contributed by atoms with E-state index < -0.39 is 0 Å². The van der Waals surface area contributed by atoms with Crippen molar-refractivity contribution in [2.24, 2.45) is 0 Å². The molecule has 21 heavy (non-hydrogen) atoms. The second-order valence-electron chi connectivity index (χ2n) is 4.74. The second kappa shape index (κ2) is 10.3. The van der Waals surface area contributed by atoms with Gasteiger partial charge in [-0.2, -0.15) is 0 Å². The van der Waals surface area contributed by atoms with Crippen molar-refractivity contribution in [3.8, 4) is 0 Å². The molecule has 1 heterocycles. The van der Waals surface area contributed by atoms with Crippen molar-refractivity contribution in [1.82, 2.24) is 9.97 Å². The van der Waals surface area contributed by atoms with Crippen LogP contribution in [-0.4, -0.2) is 57.0 Å². The normalized spacial score (nSPS) is 10.7. The molecule has 6 nitrogen and oxygen atoms in total. The molecule has 0 amide bonds. The van der Waals surface area contributed by atoms with Gasteiger partial charge in [-0.25, -0.2) is 9.97 Å². The number of anilines is 2. The van der Waals surface area contributed by atoms with Crippen LogP contribution in [-0.2, 0) is 15.9 Å². The minimum atomic E-state index is 0.676. The van der Waals surface area contributed by atoms with E-state index in [0.717, 1.165) is 56.5 Å². The van der Waals surface area contributed by atoms with Gasteiger partial charge in [0.15, 0.2) is 0 Å². The Morgan fingerprint density at radius 3 is 2.48 bits per heavy atom. The van der Waals surface area contributed by atoms with E-state index >= 15 is 0 Å². The summed E-state index contributed by atoms with van der Waals surface area (Å²) in [6, 6.07) is 2.01. The Bertz CT molecular complexity index is 401. The standard InChI is InChI=1S/C15H28N4O2/c1-5-13-17-14(16-6-2)12-15(18-13)19(9-11-21-4)8-7-10-20-3/h12H,5-11H2,1-4H3,(H,16,17,18). The van der Waals surface area contributed by atoms with Crippen LogP contribution >= 0.6 is 0 Å². The molecule has 0 radical (unpaired) electrons. The van der Waals surface area contributed by atoms with E-state index in [4.69, 9.17) is 9.47 Å². The Labute approximate surface area is 127 Å². The van der Waals surface area contributed by atoms with Crippen LogP contribution in [0.2, 0.25) is 0 Å². The number of nitrogens with zero attached hydrogens (tertiary/aromatic N) is 3. The largest absolute Gasteiger partial charge is 0.385 e. The fourth-order valence-corrected chi connectivity index (χ4v) is 2.02. The zero-order chi connectivity index (χ0) is 15.5. The monoisotopic (exact) mass is 296 g/mol. The van der Waals surface area contributed by atoms with E-state index in [9.17, 15) is 0 Å². The Kier molecular flexibility index (Phi) is 8.69. The summed E-state index contributed by atoms with van der Waals surface area (Å²) in [5, 5.41) is 3.27. The molecular weight excluding hydrogens is 268 g/mol. The Balaban J connectivity index is 2.89. The predicted octanol–water partition coefficient (Wildman–Crippen LogP) is 1.96. The van der Waals surface area contributed by atoms with E-state index in [2.05, 4.69) is 34.0 Å². The third-order valence-corrected chi connectivity index (χ3v) is 3.10. The van der Waals surface area contributed by atoms with Crippen LogP contribution in [0.5, 0.6) is 0 Å². The lowest BCUT2D eigenvalue weighted by molar-refractivity contribution is 0.191. The maximum atomic E-state index is 5.20. The summed E-state index contributed by atoms with van der Waals surface area (Å²) in [4.78, 5) is 11.4. The quantitative estimate of drug-likeness (QED) is 0.630. The van der Waals surface area contributed by atoms with E-state index in [1.54, 1.807) is 14.2 Å². The number of hydrogen-bond acceptors (Lipinski definition) is 6. The highest BCUT2D eigenvalue weighted by Gasteiger charge is 2.11. The molecule has 0 bridgehead atoms. The van der Waals surface area contributed by atoms with E-state index in [-0.39, 0.29) is 0 Å². The van der Waals surface area contributed by atoms with Gasteiger partial charge < -0.3 is 19.7 Å². The third-order valence-electron chi connectivity index (χ3n) is 3.10. The summed E-state index contributed by atoms with van der Waals surface area (Å²) in [5.41, 5.74) is 0. The third kappa shape index (κ3) is 6.27. The molecule has 0 aliphatic rings. The first-order valence-electron chi connectivity index (χ1n) is 7.59. The van der Waals surface area contributed by atoms with Crippen molar-refractivity contribution in [3.63, 3.8) is 0 Å². The average molecular weight is 296 g/mol. The minimum Gasteiger partial charge on any atom is -0.385 e. The fraction of sp³-hybridized carbons (Fsp3) is 0.733. The van der Waals surface area contributed by atoms with Crippen molar-refractivity contribution in [2.45, 2.75) is 26.7 Å². The van der Waals surface area contributed by atoms with Crippen LogP contribution < -0.4 is 10.2 Å². The molecule has 0 aromatic carbocycles. The lowest BCUT2D eigenvalue weighted by Crippen LogP contribution is -2.30. The second-order valence-corrected chi connectivity index (χ2v) is 4.74. The first kappa shape index (κ1) is 17.7. The first-order chi connectivity index (χ1) is 10.2. The highest BCUT2D eigenvalue weighted by Crippen LogP contribution is 2.17. The Morgan fingerprint density at radius 2 is 1.86 bits per heavy atom. The summed E-state index contributed by atoms with van der Waals surface area (Å²) >= 11 is 0. The molecule has 1 aromatic rings.